The maximum absolute atomic E-state index is 8.70. The molecule has 0 aliphatic carbocycles. The van der Waals surface area contributed by atoms with Crippen molar-refractivity contribution in [2.45, 2.75) is 19.4 Å². The summed E-state index contributed by atoms with van der Waals surface area (Å²) in [6.07, 6.45) is 4.80. The molecule has 0 spiro atoms. The minimum atomic E-state index is 0.218. The molecule has 0 aliphatic heterocycles. The first-order valence-corrected chi connectivity index (χ1v) is 6.80. The molecule has 2 nitrogen and oxygen atoms in total. The number of hydrogen-bond acceptors (Lipinski definition) is 2. The molecule has 0 unspecified atom stereocenters. The fourth-order valence-electron chi connectivity index (χ4n) is 2.26. The summed E-state index contributed by atoms with van der Waals surface area (Å²) < 4.78 is 0. The van der Waals surface area contributed by atoms with Gasteiger partial charge in [0.2, 0.25) is 0 Å². The summed E-state index contributed by atoms with van der Waals surface area (Å²) in [5.74, 6) is 0. The molecule has 0 aliphatic rings. The van der Waals surface area contributed by atoms with Gasteiger partial charge >= 0.3 is 0 Å². The summed E-state index contributed by atoms with van der Waals surface area (Å²) in [5, 5.41) is 14.8. The third-order valence-corrected chi connectivity index (χ3v) is 3.29. The number of rotatable bonds is 6. The molecule has 2 aromatic carbocycles. The van der Waals surface area contributed by atoms with E-state index in [2.05, 4.69) is 60.8 Å². The van der Waals surface area contributed by atoms with E-state index in [-0.39, 0.29) is 6.61 Å². The zero-order valence-electron chi connectivity index (χ0n) is 11.3. The first-order valence-electron chi connectivity index (χ1n) is 6.80. The first kappa shape index (κ1) is 13.8. The van der Waals surface area contributed by atoms with Crippen molar-refractivity contribution >= 4 is 10.8 Å². The van der Waals surface area contributed by atoms with Gasteiger partial charge in [-0.1, -0.05) is 54.6 Å². The normalized spacial score (nSPS) is 13.2. The predicted molar refractivity (Wildman–Crippen MR) is 81.2 cm³/mol. The fourth-order valence-corrected chi connectivity index (χ4v) is 2.26. The van der Waals surface area contributed by atoms with E-state index in [0.29, 0.717) is 6.04 Å². The third kappa shape index (κ3) is 3.66. The quantitative estimate of drug-likeness (QED) is 0.775. The molecule has 0 heterocycles. The van der Waals surface area contributed by atoms with Crippen molar-refractivity contribution in [1.29, 1.82) is 0 Å². The van der Waals surface area contributed by atoms with Gasteiger partial charge in [0.05, 0.1) is 0 Å². The highest BCUT2D eigenvalue weighted by molar-refractivity contribution is 5.86. The molecular formula is C17H21NO. The summed E-state index contributed by atoms with van der Waals surface area (Å²) in [5.41, 5.74) is 1.33. The van der Waals surface area contributed by atoms with Crippen molar-refractivity contribution in [3.8, 4) is 0 Å². The predicted octanol–water partition coefficient (Wildman–Crippen LogP) is 3.43. The summed E-state index contributed by atoms with van der Waals surface area (Å²) in [7, 11) is 0. The highest BCUT2D eigenvalue weighted by Crippen LogP contribution is 2.23. The van der Waals surface area contributed by atoms with E-state index < -0.39 is 0 Å². The minimum absolute atomic E-state index is 0.218. The Morgan fingerprint density at radius 2 is 1.89 bits per heavy atom. The molecule has 0 aromatic heterocycles. The van der Waals surface area contributed by atoms with Crippen molar-refractivity contribution < 1.29 is 5.11 Å². The number of fused-ring (bicyclic) bond motifs is 1. The van der Waals surface area contributed by atoms with Gasteiger partial charge in [0.1, 0.15) is 0 Å². The molecule has 2 aromatic rings. The van der Waals surface area contributed by atoms with Crippen LogP contribution < -0.4 is 5.32 Å². The molecular weight excluding hydrogens is 234 g/mol. The zero-order valence-corrected chi connectivity index (χ0v) is 11.3. The van der Waals surface area contributed by atoms with Gasteiger partial charge in [0.15, 0.2) is 0 Å². The third-order valence-electron chi connectivity index (χ3n) is 3.29. The second-order valence-corrected chi connectivity index (χ2v) is 4.68. The van der Waals surface area contributed by atoms with Gasteiger partial charge in [-0.2, -0.15) is 0 Å². The van der Waals surface area contributed by atoms with Gasteiger partial charge in [-0.15, -0.1) is 0 Å². The SMILES string of the molecule is C[C@@H](NC/C=C/CCO)c1cccc2ccccc12. The van der Waals surface area contributed by atoms with E-state index in [1.807, 2.05) is 6.08 Å². The van der Waals surface area contributed by atoms with Crippen LogP contribution in [0.25, 0.3) is 10.8 Å². The minimum Gasteiger partial charge on any atom is -0.396 e. The van der Waals surface area contributed by atoms with Crippen LogP contribution in [0.2, 0.25) is 0 Å². The fraction of sp³-hybridized carbons (Fsp3) is 0.294. The Labute approximate surface area is 114 Å². The highest BCUT2D eigenvalue weighted by atomic mass is 16.2. The van der Waals surface area contributed by atoms with Gasteiger partial charge in [-0.25, -0.2) is 0 Å². The maximum atomic E-state index is 8.70. The van der Waals surface area contributed by atoms with Crippen LogP contribution in [0.5, 0.6) is 0 Å². The van der Waals surface area contributed by atoms with Crippen LogP contribution in [0.3, 0.4) is 0 Å². The largest absolute Gasteiger partial charge is 0.396 e. The lowest BCUT2D eigenvalue weighted by atomic mass is 10.00. The number of nitrogens with one attached hydrogen (secondary N) is 1. The van der Waals surface area contributed by atoms with E-state index in [1.165, 1.54) is 16.3 Å². The topological polar surface area (TPSA) is 32.3 Å². The van der Waals surface area contributed by atoms with Gasteiger partial charge in [0.25, 0.3) is 0 Å². The van der Waals surface area contributed by atoms with Crippen LogP contribution in [-0.2, 0) is 0 Å². The molecule has 19 heavy (non-hydrogen) atoms. The Morgan fingerprint density at radius 3 is 2.74 bits per heavy atom. The van der Waals surface area contributed by atoms with Crippen LogP contribution in [0.1, 0.15) is 24.9 Å². The summed E-state index contributed by atoms with van der Waals surface area (Å²) in [6, 6.07) is 15.2. The van der Waals surface area contributed by atoms with Crippen molar-refractivity contribution in [3.05, 3.63) is 60.2 Å². The van der Waals surface area contributed by atoms with Gasteiger partial charge in [0, 0.05) is 19.2 Å². The van der Waals surface area contributed by atoms with Crippen LogP contribution >= 0.6 is 0 Å². The lowest BCUT2D eigenvalue weighted by Gasteiger charge is -2.15. The number of aliphatic hydroxyl groups is 1. The molecule has 2 rings (SSSR count). The summed E-state index contributed by atoms with van der Waals surface area (Å²) in [6.45, 7) is 3.22. The molecule has 2 N–H and O–H groups in total. The maximum Gasteiger partial charge on any atom is 0.0465 e. The van der Waals surface area contributed by atoms with E-state index >= 15 is 0 Å². The smallest absolute Gasteiger partial charge is 0.0465 e. The Bertz CT molecular complexity index is 542. The Kier molecular flexibility index (Phi) is 5.13. The molecule has 100 valence electrons. The molecule has 0 bridgehead atoms. The van der Waals surface area contributed by atoms with Crippen molar-refractivity contribution in [3.63, 3.8) is 0 Å². The molecule has 0 saturated carbocycles. The molecule has 1 atom stereocenters. The molecule has 0 saturated heterocycles. The number of hydrogen-bond donors (Lipinski definition) is 2. The average Bonchev–Trinajstić information content (AvgIpc) is 2.46. The van der Waals surface area contributed by atoms with Crippen LogP contribution in [-0.4, -0.2) is 18.3 Å². The van der Waals surface area contributed by atoms with Crippen LogP contribution in [0.15, 0.2) is 54.6 Å². The zero-order chi connectivity index (χ0) is 13.5. The molecule has 0 fully saturated rings. The van der Waals surface area contributed by atoms with Gasteiger partial charge in [-0.3, -0.25) is 0 Å². The van der Waals surface area contributed by atoms with Crippen LogP contribution in [0.4, 0.5) is 0 Å². The van der Waals surface area contributed by atoms with Gasteiger partial charge < -0.3 is 10.4 Å². The Balaban J connectivity index is 2.07. The lowest BCUT2D eigenvalue weighted by molar-refractivity contribution is 0.302. The standard InChI is InChI=1S/C17H21NO/c1-14(18-12-5-2-6-13-19)16-11-7-9-15-8-3-4-10-17(15)16/h2-5,7-11,14,18-19H,6,12-13H2,1H3/b5-2+/t14-/m1/s1. The second-order valence-electron chi connectivity index (χ2n) is 4.68. The first-order chi connectivity index (χ1) is 9.33. The Hall–Kier alpha value is -1.64. The van der Waals surface area contributed by atoms with E-state index in [9.17, 15) is 0 Å². The lowest BCUT2D eigenvalue weighted by Crippen LogP contribution is -2.18. The van der Waals surface area contributed by atoms with Crippen molar-refractivity contribution in [2.24, 2.45) is 0 Å². The van der Waals surface area contributed by atoms with Crippen LogP contribution in [0, 0.1) is 0 Å². The molecule has 0 radical (unpaired) electrons. The van der Waals surface area contributed by atoms with Crippen molar-refractivity contribution in [1.82, 2.24) is 5.32 Å². The second kappa shape index (κ2) is 7.07. The molecule has 2 heteroatoms. The number of aliphatic hydroxyl groups excluding tert-OH is 1. The Morgan fingerprint density at radius 1 is 1.11 bits per heavy atom. The summed E-state index contributed by atoms with van der Waals surface area (Å²) >= 11 is 0. The van der Waals surface area contributed by atoms with E-state index in [0.717, 1.165) is 13.0 Å². The monoisotopic (exact) mass is 255 g/mol. The van der Waals surface area contributed by atoms with E-state index in [1.54, 1.807) is 0 Å². The molecule has 0 amide bonds. The average molecular weight is 255 g/mol. The van der Waals surface area contributed by atoms with Crippen molar-refractivity contribution in [2.75, 3.05) is 13.2 Å². The highest BCUT2D eigenvalue weighted by Gasteiger charge is 2.07. The van der Waals surface area contributed by atoms with Gasteiger partial charge in [-0.05, 0) is 29.7 Å². The van der Waals surface area contributed by atoms with E-state index in [4.69, 9.17) is 5.11 Å². The summed E-state index contributed by atoms with van der Waals surface area (Å²) in [4.78, 5) is 0. The number of benzene rings is 2.